The summed E-state index contributed by atoms with van der Waals surface area (Å²) in [6.07, 6.45) is 3.17. The van der Waals surface area contributed by atoms with E-state index in [1.54, 1.807) is 18.2 Å². The van der Waals surface area contributed by atoms with E-state index >= 15 is 0 Å². The van der Waals surface area contributed by atoms with Crippen molar-refractivity contribution >= 4 is 29.1 Å². The standard InChI is InChI=1S/C15H20Cl2N2O/c1-2-10-5-6-19(12(7-10)9-18)15(20)11-3-4-13(16)14(17)8-11/h3-4,8,10,12H,2,5-7,9,18H2,1H3. The number of hydrogen-bond acceptors (Lipinski definition) is 2. The Bertz CT molecular complexity index is 493. The van der Waals surface area contributed by atoms with Crippen molar-refractivity contribution in [2.24, 2.45) is 11.7 Å². The van der Waals surface area contributed by atoms with Crippen LogP contribution in [0, 0.1) is 5.92 Å². The van der Waals surface area contributed by atoms with Crippen molar-refractivity contribution in [1.82, 2.24) is 4.90 Å². The molecule has 1 amide bonds. The van der Waals surface area contributed by atoms with Crippen LogP contribution in [-0.2, 0) is 0 Å². The summed E-state index contributed by atoms with van der Waals surface area (Å²) in [5.41, 5.74) is 6.42. The molecule has 0 radical (unpaired) electrons. The van der Waals surface area contributed by atoms with Crippen LogP contribution < -0.4 is 5.73 Å². The fourth-order valence-electron chi connectivity index (χ4n) is 2.79. The van der Waals surface area contributed by atoms with E-state index in [-0.39, 0.29) is 11.9 Å². The van der Waals surface area contributed by atoms with Crippen molar-refractivity contribution in [2.45, 2.75) is 32.2 Å². The molecule has 0 saturated carbocycles. The molecule has 0 spiro atoms. The number of rotatable bonds is 3. The fourth-order valence-corrected chi connectivity index (χ4v) is 3.09. The first-order valence-corrected chi connectivity index (χ1v) is 7.78. The summed E-state index contributed by atoms with van der Waals surface area (Å²) < 4.78 is 0. The molecule has 1 aliphatic heterocycles. The van der Waals surface area contributed by atoms with Gasteiger partial charge >= 0.3 is 0 Å². The van der Waals surface area contributed by atoms with Crippen LogP contribution in [0.5, 0.6) is 0 Å². The normalized spacial score (nSPS) is 22.9. The van der Waals surface area contributed by atoms with Crippen molar-refractivity contribution in [3.63, 3.8) is 0 Å². The van der Waals surface area contributed by atoms with Crippen LogP contribution in [0.25, 0.3) is 0 Å². The molecule has 0 aliphatic carbocycles. The molecule has 2 rings (SSSR count). The average molecular weight is 315 g/mol. The third-order valence-corrected chi connectivity index (χ3v) is 4.84. The Morgan fingerprint density at radius 1 is 1.40 bits per heavy atom. The Morgan fingerprint density at radius 3 is 2.75 bits per heavy atom. The zero-order valence-electron chi connectivity index (χ0n) is 11.6. The molecular weight excluding hydrogens is 295 g/mol. The molecule has 1 saturated heterocycles. The average Bonchev–Trinajstić information content (AvgIpc) is 2.48. The van der Waals surface area contributed by atoms with Crippen LogP contribution in [0.4, 0.5) is 0 Å². The lowest BCUT2D eigenvalue weighted by atomic mass is 9.88. The van der Waals surface area contributed by atoms with Gasteiger partial charge in [-0.3, -0.25) is 4.79 Å². The van der Waals surface area contributed by atoms with Crippen LogP contribution in [0.1, 0.15) is 36.5 Å². The van der Waals surface area contributed by atoms with Gasteiger partial charge in [-0.2, -0.15) is 0 Å². The van der Waals surface area contributed by atoms with Crippen molar-refractivity contribution in [3.8, 4) is 0 Å². The van der Waals surface area contributed by atoms with E-state index in [4.69, 9.17) is 28.9 Å². The summed E-state index contributed by atoms with van der Waals surface area (Å²) in [7, 11) is 0. The molecule has 1 aromatic carbocycles. The van der Waals surface area contributed by atoms with Crippen molar-refractivity contribution in [3.05, 3.63) is 33.8 Å². The highest BCUT2D eigenvalue weighted by atomic mass is 35.5. The maximum absolute atomic E-state index is 12.6. The molecule has 1 aromatic rings. The molecule has 0 bridgehead atoms. The molecule has 5 heteroatoms. The van der Waals surface area contributed by atoms with Crippen molar-refractivity contribution < 1.29 is 4.79 Å². The second-order valence-corrected chi connectivity index (χ2v) is 6.13. The van der Waals surface area contributed by atoms with Gasteiger partial charge in [0.15, 0.2) is 0 Å². The highest BCUT2D eigenvalue weighted by molar-refractivity contribution is 6.42. The number of nitrogens with two attached hydrogens (primary N) is 1. The first kappa shape index (κ1) is 15.6. The maximum Gasteiger partial charge on any atom is 0.254 e. The lowest BCUT2D eigenvalue weighted by molar-refractivity contribution is 0.0558. The Kier molecular flexibility index (Phi) is 5.30. The molecule has 3 nitrogen and oxygen atoms in total. The zero-order valence-corrected chi connectivity index (χ0v) is 13.1. The quantitative estimate of drug-likeness (QED) is 0.926. The molecule has 1 aliphatic rings. The lowest BCUT2D eigenvalue weighted by Gasteiger charge is -2.39. The third-order valence-electron chi connectivity index (χ3n) is 4.10. The van der Waals surface area contributed by atoms with E-state index in [1.165, 1.54) is 0 Å². The smallest absolute Gasteiger partial charge is 0.254 e. The topological polar surface area (TPSA) is 46.3 Å². The van der Waals surface area contributed by atoms with Crippen molar-refractivity contribution in [1.29, 1.82) is 0 Å². The van der Waals surface area contributed by atoms with Gasteiger partial charge < -0.3 is 10.6 Å². The van der Waals surface area contributed by atoms with Gasteiger partial charge in [-0.1, -0.05) is 36.5 Å². The number of amides is 1. The van der Waals surface area contributed by atoms with Gasteiger partial charge in [0.2, 0.25) is 0 Å². The largest absolute Gasteiger partial charge is 0.334 e. The molecule has 20 heavy (non-hydrogen) atoms. The van der Waals surface area contributed by atoms with Crippen LogP contribution >= 0.6 is 23.2 Å². The summed E-state index contributed by atoms with van der Waals surface area (Å²) in [5.74, 6) is 0.662. The number of carbonyl (C=O) groups is 1. The molecule has 2 unspecified atom stereocenters. The summed E-state index contributed by atoms with van der Waals surface area (Å²) in [6.45, 7) is 3.46. The molecular formula is C15H20Cl2N2O. The molecule has 1 fully saturated rings. The highest BCUT2D eigenvalue weighted by Gasteiger charge is 2.30. The van der Waals surface area contributed by atoms with Gasteiger partial charge in [0, 0.05) is 24.7 Å². The highest BCUT2D eigenvalue weighted by Crippen LogP contribution is 2.28. The van der Waals surface area contributed by atoms with E-state index < -0.39 is 0 Å². The monoisotopic (exact) mass is 314 g/mol. The predicted octanol–water partition coefficient (Wildman–Crippen LogP) is 3.58. The van der Waals surface area contributed by atoms with Gasteiger partial charge in [0.1, 0.15) is 0 Å². The minimum atomic E-state index is -0.00595. The number of nitrogens with zero attached hydrogens (tertiary/aromatic N) is 1. The van der Waals surface area contributed by atoms with E-state index in [2.05, 4.69) is 6.92 Å². The second kappa shape index (κ2) is 6.79. The molecule has 110 valence electrons. The molecule has 2 N–H and O–H groups in total. The van der Waals surface area contributed by atoms with Gasteiger partial charge in [-0.25, -0.2) is 0 Å². The number of halogens is 2. The summed E-state index contributed by atoms with van der Waals surface area (Å²) >= 11 is 11.9. The van der Waals surface area contributed by atoms with E-state index in [1.807, 2.05) is 4.90 Å². The summed E-state index contributed by atoms with van der Waals surface area (Å²) in [4.78, 5) is 14.5. The summed E-state index contributed by atoms with van der Waals surface area (Å²) in [5, 5.41) is 0.869. The Labute approximate surface area is 130 Å². The maximum atomic E-state index is 12.6. The summed E-state index contributed by atoms with van der Waals surface area (Å²) in [6, 6.07) is 5.13. The molecule has 0 aromatic heterocycles. The number of hydrogen-bond donors (Lipinski definition) is 1. The molecule has 2 atom stereocenters. The van der Waals surface area contributed by atoms with Gasteiger partial charge in [0.05, 0.1) is 10.0 Å². The Balaban J connectivity index is 2.17. The second-order valence-electron chi connectivity index (χ2n) is 5.32. The minimum absolute atomic E-state index is 0.00595. The van der Waals surface area contributed by atoms with Crippen LogP contribution in [0.2, 0.25) is 10.0 Å². The third kappa shape index (κ3) is 3.27. The first-order chi connectivity index (χ1) is 9.56. The lowest BCUT2D eigenvalue weighted by Crippen LogP contribution is -2.49. The predicted molar refractivity (Wildman–Crippen MR) is 83.4 cm³/mol. The van der Waals surface area contributed by atoms with E-state index in [0.717, 1.165) is 25.8 Å². The zero-order chi connectivity index (χ0) is 14.7. The Hall–Kier alpha value is -0.770. The number of carbonyl (C=O) groups excluding carboxylic acids is 1. The van der Waals surface area contributed by atoms with Gasteiger partial charge in [-0.15, -0.1) is 0 Å². The Morgan fingerprint density at radius 2 is 2.15 bits per heavy atom. The van der Waals surface area contributed by atoms with Crippen LogP contribution in [0.3, 0.4) is 0 Å². The van der Waals surface area contributed by atoms with Crippen molar-refractivity contribution in [2.75, 3.05) is 13.1 Å². The fraction of sp³-hybridized carbons (Fsp3) is 0.533. The first-order valence-electron chi connectivity index (χ1n) is 7.02. The number of benzene rings is 1. The van der Waals surface area contributed by atoms with E-state index in [9.17, 15) is 4.79 Å². The van der Waals surface area contributed by atoms with Crippen LogP contribution in [-0.4, -0.2) is 29.9 Å². The van der Waals surface area contributed by atoms with Crippen LogP contribution in [0.15, 0.2) is 18.2 Å². The van der Waals surface area contributed by atoms with Gasteiger partial charge in [0.25, 0.3) is 5.91 Å². The minimum Gasteiger partial charge on any atom is -0.334 e. The SMILES string of the molecule is CCC1CCN(C(=O)c2ccc(Cl)c(Cl)c2)C(CN)C1. The number of piperidine rings is 1. The van der Waals surface area contributed by atoms with Gasteiger partial charge in [-0.05, 0) is 37.0 Å². The molecule has 1 heterocycles. The van der Waals surface area contributed by atoms with E-state index in [0.29, 0.717) is 28.1 Å². The number of likely N-dealkylation sites (tertiary alicyclic amines) is 1.